The Morgan fingerprint density at radius 3 is 2.95 bits per heavy atom. The molecule has 1 aliphatic heterocycles. The van der Waals surface area contributed by atoms with Crippen molar-refractivity contribution in [1.29, 1.82) is 0 Å². The fourth-order valence-electron chi connectivity index (χ4n) is 2.48. The number of rotatable bonds is 3. The van der Waals surface area contributed by atoms with Crippen molar-refractivity contribution in [3.63, 3.8) is 0 Å². The minimum absolute atomic E-state index is 0.0306. The number of carbonyl (C=O) groups excluding carboxylic acids is 1. The number of piperidine rings is 1. The van der Waals surface area contributed by atoms with Crippen molar-refractivity contribution in [2.45, 2.75) is 19.4 Å². The summed E-state index contributed by atoms with van der Waals surface area (Å²) in [6.45, 7) is 3.01. The molecule has 8 nitrogen and oxygen atoms in total. The Morgan fingerprint density at radius 2 is 2.33 bits per heavy atom. The van der Waals surface area contributed by atoms with Gasteiger partial charge in [0, 0.05) is 20.2 Å². The van der Waals surface area contributed by atoms with E-state index in [4.69, 9.17) is 10.5 Å². The summed E-state index contributed by atoms with van der Waals surface area (Å²) in [6.07, 6.45) is 1.74. The monoisotopic (exact) mass is 294 g/mol. The molecule has 0 spiro atoms. The largest absolute Gasteiger partial charge is 0.384 e. The Kier molecular flexibility index (Phi) is 4.37. The van der Waals surface area contributed by atoms with E-state index >= 15 is 0 Å². The quantitative estimate of drug-likeness (QED) is 0.659. The number of aromatic nitrogens is 1. The molecule has 2 atom stereocenters. The predicted octanol–water partition coefficient (Wildman–Crippen LogP) is 1.07. The van der Waals surface area contributed by atoms with Crippen LogP contribution in [-0.4, -0.2) is 47.0 Å². The maximum Gasteiger partial charge on any atom is 0.300 e. The lowest BCUT2D eigenvalue weighted by Gasteiger charge is -2.36. The highest BCUT2D eigenvalue weighted by atomic mass is 16.6. The summed E-state index contributed by atoms with van der Waals surface area (Å²) >= 11 is 0. The number of hydrogen-bond donors (Lipinski definition) is 1. The van der Waals surface area contributed by atoms with Crippen LogP contribution in [0.1, 0.15) is 23.7 Å². The van der Waals surface area contributed by atoms with Gasteiger partial charge < -0.3 is 15.4 Å². The van der Waals surface area contributed by atoms with Gasteiger partial charge in [0.05, 0.1) is 11.0 Å². The number of nitrogens with zero attached hydrogens (tertiary/aromatic N) is 3. The van der Waals surface area contributed by atoms with E-state index in [9.17, 15) is 14.9 Å². The molecule has 0 radical (unpaired) electrons. The molecule has 1 saturated heterocycles. The fraction of sp³-hybridized carbons (Fsp3) is 0.538. The first-order valence-corrected chi connectivity index (χ1v) is 6.66. The first-order chi connectivity index (χ1) is 9.93. The fourth-order valence-corrected chi connectivity index (χ4v) is 2.48. The van der Waals surface area contributed by atoms with Gasteiger partial charge in [-0.3, -0.25) is 14.9 Å². The molecular weight excluding hydrogens is 276 g/mol. The van der Waals surface area contributed by atoms with E-state index in [2.05, 4.69) is 11.9 Å². The normalized spacial score (nSPS) is 22.1. The highest BCUT2D eigenvalue weighted by Gasteiger charge is 2.32. The van der Waals surface area contributed by atoms with Gasteiger partial charge in [-0.15, -0.1) is 0 Å². The number of nitro groups is 1. The number of nitrogens with two attached hydrogens (primary N) is 1. The molecule has 1 aliphatic rings. The lowest BCUT2D eigenvalue weighted by atomic mass is 9.95. The van der Waals surface area contributed by atoms with Crippen molar-refractivity contribution < 1.29 is 14.5 Å². The van der Waals surface area contributed by atoms with Crippen molar-refractivity contribution in [2.75, 3.05) is 25.9 Å². The summed E-state index contributed by atoms with van der Waals surface area (Å²) in [7, 11) is 1.60. The first kappa shape index (κ1) is 15.2. The van der Waals surface area contributed by atoms with Crippen LogP contribution >= 0.6 is 0 Å². The van der Waals surface area contributed by atoms with Gasteiger partial charge in [0.25, 0.3) is 11.6 Å². The number of pyridine rings is 1. The van der Waals surface area contributed by atoms with Gasteiger partial charge in [-0.25, -0.2) is 4.98 Å². The van der Waals surface area contributed by atoms with E-state index in [1.54, 1.807) is 12.0 Å². The van der Waals surface area contributed by atoms with Gasteiger partial charge in [-0.2, -0.15) is 0 Å². The topological polar surface area (TPSA) is 112 Å². The molecule has 0 saturated carbocycles. The van der Waals surface area contributed by atoms with E-state index in [1.807, 2.05) is 0 Å². The third-order valence-corrected chi connectivity index (χ3v) is 3.81. The lowest BCUT2D eigenvalue weighted by molar-refractivity contribution is -0.385. The zero-order valence-corrected chi connectivity index (χ0v) is 12.0. The van der Waals surface area contributed by atoms with Gasteiger partial charge in [0.15, 0.2) is 0 Å². The summed E-state index contributed by atoms with van der Waals surface area (Å²) in [4.78, 5) is 28.2. The maximum absolute atomic E-state index is 12.5. The number of hydrogen-bond acceptors (Lipinski definition) is 6. The van der Waals surface area contributed by atoms with Crippen molar-refractivity contribution in [3.05, 3.63) is 27.9 Å². The van der Waals surface area contributed by atoms with E-state index in [0.29, 0.717) is 19.0 Å². The molecule has 8 heteroatoms. The van der Waals surface area contributed by atoms with Crippen LogP contribution in [0.2, 0.25) is 0 Å². The van der Waals surface area contributed by atoms with E-state index in [-0.39, 0.29) is 23.2 Å². The Labute approximate surface area is 122 Å². The van der Waals surface area contributed by atoms with Crippen LogP contribution in [-0.2, 0) is 4.74 Å². The standard InChI is InChI=1S/C13H18N4O4/c1-8-3-4-16(7-11(8)21-2)13(18)9-5-12(14)15-6-10(9)17(19)20/h5-6,8,11H,3-4,7H2,1-2H3,(H2,14,15). The van der Waals surface area contributed by atoms with E-state index < -0.39 is 10.8 Å². The van der Waals surface area contributed by atoms with Crippen molar-refractivity contribution in [2.24, 2.45) is 5.92 Å². The summed E-state index contributed by atoms with van der Waals surface area (Å²) in [5.41, 5.74) is 5.18. The van der Waals surface area contributed by atoms with Crippen LogP contribution in [0, 0.1) is 16.0 Å². The van der Waals surface area contributed by atoms with Gasteiger partial charge in [0.2, 0.25) is 0 Å². The summed E-state index contributed by atoms with van der Waals surface area (Å²) in [6, 6.07) is 1.25. The molecule has 2 rings (SSSR count). The van der Waals surface area contributed by atoms with Gasteiger partial charge in [-0.05, 0) is 18.4 Å². The molecule has 2 unspecified atom stereocenters. The molecule has 114 valence electrons. The van der Waals surface area contributed by atoms with Crippen LogP contribution in [0.15, 0.2) is 12.3 Å². The molecule has 1 amide bonds. The lowest BCUT2D eigenvalue weighted by Crippen LogP contribution is -2.46. The SMILES string of the molecule is COC1CN(C(=O)c2cc(N)ncc2[N+](=O)[O-])CCC1C. The van der Waals surface area contributed by atoms with Crippen molar-refractivity contribution in [3.8, 4) is 0 Å². The number of ether oxygens (including phenoxy) is 1. The Morgan fingerprint density at radius 1 is 1.62 bits per heavy atom. The number of carbonyl (C=O) groups is 1. The Hall–Kier alpha value is -2.22. The van der Waals surface area contributed by atoms with Gasteiger partial charge >= 0.3 is 0 Å². The number of anilines is 1. The number of methoxy groups -OCH3 is 1. The third-order valence-electron chi connectivity index (χ3n) is 3.81. The van der Waals surface area contributed by atoms with Gasteiger partial charge in [0.1, 0.15) is 17.6 Å². The molecule has 21 heavy (non-hydrogen) atoms. The first-order valence-electron chi connectivity index (χ1n) is 6.66. The average Bonchev–Trinajstić information content (AvgIpc) is 2.46. The third kappa shape index (κ3) is 3.10. The average molecular weight is 294 g/mol. The summed E-state index contributed by atoms with van der Waals surface area (Å²) in [5, 5.41) is 11.0. The van der Waals surface area contributed by atoms with Crippen molar-refractivity contribution in [1.82, 2.24) is 9.88 Å². The Balaban J connectivity index is 2.28. The Bertz CT molecular complexity index is 563. The number of likely N-dealkylation sites (tertiary alicyclic amines) is 1. The van der Waals surface area contributed by atoms with Crippen LogP contribution in [0.25, 0.3) is 0 Å². The van der Waals surface area contributed by atoms with Gasteiger partial charge in [-0.1, -0.05) is 6.92 Å². The zero-order valence-electron chi connectivity index (χ0n) is 12.0. The molecule has 0 aromatic carbocycles. The highest BCUT2D eigenvalue weighted by Crippen LogP contribution is 2.25. The molecule has 0 bridgehead atoms. The summed E-state index contributed by atoms with van der Waals surface area (Å²) < 4.78 is 5.36. The van der Waals surface area contributed by atoms with Crippen LogP contribution < -0.4 is 5.73 Å². The van der Waals surface area contributed by atoms with E-state index in [1.165, 1.54) is 6.07 Å². The molecular formula is C13H18N4O4. The number of nitrogen functional groups attached to an aromatic ring is 1. The zero-order chi connectivity index (χ0) is 15.6. The molecule has 1 fully saturated rings. The second-order valence-corrected chi connectivity index (χ2v) is 5.17. The molecule has 1 aromatic rings. The molecule has 1 aromatic heterocycles. The molecule has 2 heterocycles. The minimum atomic E-state index is -0.625. The number of amides is 1. The second kappa shape index (κ2) is 6.04. The summed E-state index contributed by atoms with van der Waals surface area (Å²) in [5.74, 6) is 0.0129. The second-order valence-electron chi connectivity index (χ2n) is 5.17. The molecule has 0 aliphatic carbocycles. The minimum Gasteiger partial charge on any atom is -0.384 e. The van der Waals surface area contributed by atoms with Crippen LogP contribution in [0.3, 0.4) is 0 Å². The van der Waals surface area contributed by atoms with Crippen molar-refractivity contribution >= 4 is 17.4 Å². The maximum atomic E-state index is 12.5. The van der Waals surface area contributed by atoms with Crippen LogP contribution in [0.5, 0.6) is 0 Å². The van der Waals surface area contributed by atoms with Crippen LogP contribution in [0.4, 0.5) is 11.5 Å². The predicted molar refractivity (Wildman–Crippen MR) is 75.8 cm³/mol. The molecule has 2 N–H and O–H groups in total. The van der Waals surface area contributed by atoms with E-state index in [0.717, 1.165) is 12.6 Å². The smallest absolute Gasteiger partial charge is 0.300 e. The highest BCUT2D eigenvalue weighted by molar-refractivity contribution is 5.98.